The first-order valence-corrected chi connectivity index (χ1v) is 9.73. The molecule has 3 aromatic rings. The highest BCUT2D eigenvalue weighted by molar-refractivity contribution is 9.10. The van der Waals surface area contributed by atoms with Gasteiger partial charge in [-0.1, -0.05) is 37.9 Å². The van der Waals surface area contributed by atoms with Crippen LogP contribution in [0, 0.1) is 0 Å². The van der Waals surface area contributed by atoms with Crippen LogP contribution in [0.1, 0.15) is 20.7 Å². The van der Waals surface area contributed by atoms with Crippen molar-refractivity contribution >= 4 is 55.0 Å². The summed E-state index contributed by atoms with van der Waals surface area (Å²) < 4.78 is 1.83. The van der Waals surface area contributed by atoms with Crippen molar-refractivity contribution < 1.29 is 9.59 Å². The highest BCUT2D eigenvalue weighted by atomic mass is 79.9. The molecule has 0 aromatic heterocycles. The minimum atomic E-state index is -0.207. The maximum absolute atomic E-state index is 12.7. The molecule has 0 aliphatic heterocycles. The van der Waals surface area contributed by atoms with Crippen LogP contribution in [0.4, 0.5) is 11.4 Å². The van der Waals surface area contributed by atoms with Crippen LogP contribution in [0.3, 0.4) is 0 Å². The van der Waals surface area contributed by atoms with Gasteiger partial charge in [-0.05, 0) is 66.7 Å². The van der Waals surface area contributed by atoms with Gasteiger partial charge in [0.05, 0.1) is 0 Å². The number of hydrogen-bond acceptors (Lipinski definition) is 2. The van der Waals surface area contributed by atoms with Gasteiger partial charge in [-0.15, -0.1) is 0 Å². The minimum Gasteiger partial charge on any atom is -0.322 e. The molecule has 0 atom stereocenters. The van der Waals surface area contributed by atoms with Crippen LogP contribution in [0.2, 0.25) is 0 Å². The molecule has 0 unspecified atom stereocenters. The van der Waals surface area contributed by atoms with Crippen molar-refractivity contribution in [3.63, 3.8) is 0 Å². The van der Waals surface area contributed by atoms with Gasteiger partial charge in [0.15, 0.2) is 0 Å². The van der Waals surface area contributed by atoms with Crippen molar-refractivity contribution in [2.45, 2.75) is 0 Å². The van der Waals surface area contributed by atoms with Gasteiger partial charge >= 0.3 is 0 Å². The van der Waals surface area contributed by atoms with Crippen molar-refractivity contribution in [1.82, 2.24) is 0 Å². The predicted molar refractivity (Wildman–Crippen MR) is 115 cm³/mol. The molecule has 0 heterocycles. The molecular weight excluding hydrogens is 472 g/mol. The molecule has 0 saturated heterocycles. The number of rotatable bonds is 4. The molecule has 0 saturated carbocycles. The lowest BCUT2D eigenvalue weighted by molar-refractivity contribution is 0.0991. The molecule has 2 amide bonds. The highest BCUT2D eigenvalue weighted by Gasteiger charge is 2.14. The van der Waals surface area contributed by atoms with Crippen molar-refractivity contribution in [2.75, 3.05) is 17.3 Å². The molecule has 4 nitrogen and oxygen atoms in total. The molecule has 0 bridgehead atoms. The number of carbonyl (C=O) groups excluding carboxylic acids is 2. The van der Waals surface area contributed by atoms with Gasteiger partial charge in [-0.25, -0.2) is 0 Å². The Hall–Kier alpha value is -2.44. The summed E-state index contributed by atoms with van der Waals surface area (Å²) in [5.41, 5.74) is 2.46. The molecule has 1 N–H and O–H groups in total. The lowest BCUT2D eigenvalue weighted by Crippen LogP contribution is -2.26. The maximum Gasteiger partial charge on any atom is 0.258 e. The number of anilines is 2. The fourth-order valence-corrected chi connectivity index (χ4v) is 3.03. The second kappa shape index (κ2) is 8.50. The minimum absolute atomic E-state index is 0.126. The van der Waals surface area contributed by atoms with Crippen LogP contribution < -0.4 is 10.2 Å². The Labute approximate surface area is 174 Å². The van der Waals surface area contributed by atoms with Gasteiger partial charge in [0.2, 0.25) is 0 Å². The van der Waals surface area contributed by atoms with Gasteiger partial charge in [-0.3, -0.25) is 9.59 Å². The first-order valence-electron chi connectivity index (χ1n) is 8.14. The number of nitrogens with zero attached hydrogens (tertiary/aromatic N) is 1. The fourth-order valence-electron chi connectivity index (χ4n) is 2.50. The average molecular weight is 488 g/mol. The second-order valence-corrected chi connectivity index (χ2v) is 7.71. The van der Waals surface area contributed by atoms with Crippen molar-refractivity contribution in [3.8, 4) is 0 Å². The summed E-state index contributed by atoms with van der Waals surface area (Å²) in [5.74, 6) is -0.333. The van der Waals surface area contributed by atoms with E-state index in [0.29, 0.717) is 22.5 Å². The molecule has 0 spiro atoms. The first kappa shape index (κ1) is 19.3. The predicted octanol–water partition coefficient (Wildman–Crippen LogP) is 5.74. The lowest BCUT2D eigenvalue weighted by atomic mass is 10.1. The summed E-state index contributed by atoms with van der Waals surface area (Å²) in [4.78, 5) is 26.6. The van der Waals surface area contributed by atoms with Crippen LogP contribution in [0.25, 0.3) is 0 Å². The Kier molecular flexibility index (Phi) is 6.08. The molecule has 0 radical (unpaired) electrons. The summed E-state index contributed by atoms with van der Waals surface area (Å²) in [6.07, 6.45) is 0. The SMILES string of the molecule is CN(C(=O)c1ccc(Br)cc1)c1cccc(NC(=O)c2ccc(Br)cc2)c1. The van der Waals surface area contributed by atoms with E-state index in [9.17, 15) is 9.59 Å². The second-order valence-electron chi connectivity index (χ2n) is 5.88. The van der Waals surface area contributed by atoms with Crippen LogP contribution in [-0.4, -0.2) is 18.9 Å². The van der Waals surface area contributed by atoms with E-state index in [2.05, 4.69) is 37.2 Å². The average Bonchev–Trinajstić information content (AvgIpc) is 2.68. The Morgan fingerprint density at radius 2 is 1.37 bits per heavy atom. The summed E-state index contributed by atoms with van der Waals surface area (Å²) in [7, 11) is 1.71. The highest BCUT2D eigenvalue weighted by Crippen LogP contribution is 2.22. The molecule has 27 heavy (non-hydrogen) atoms. The molecule has 6 heteroatoms. The molecular formula is C21H16Br2N2O2. The molecule has 136 valence electrons. The summed E-state index contributed by atoms with van der Waals surface area (Å²) in [6.45, 7) is 0. The summed E-state index contributed by atoms with van der Waals surface area (Å²) in [5, 5.41) is 2.86. The quantitative estimate of drug-likeness (QED) is 0.510. The topological polar surface area (TPSA) is 49.4 Å². The number of hydrogen-bond donors (Lipinski definition) is 1. The van der Waals surface area contributed by atoms with E-state index in [-0.39, 0.29) is 11.8 Å². The summed E-state index contributed by atoms with van der Waals surface area (Å²) in [6, 6.07) is 21.5. The normalized spacial score (nSPS) is 10.3. The Morgan fingerprint density at radius 1 is 0.815 bits per heavy atom. The van der Waals surface area contributed by atoms with Crippen LogP contribution in [-0.2, 0) is 0 Å². The van der Waals surface area contributed by atoms with Gasteiger partial charge in [0.25, 0.3) is 11.8 Å². The van der Waals surface area contributed by atoms with Crippen molar-refractivity contribution in [1.29, 1.82) is 0 Å². The van der Waals surface area contributed by atoms with E-state index < -0.39 is 0 Å². The van der Waals surface area contributed by atoms with Gasteiger partial charge in [0.1, 0.15) is 0 Å². The van der Waals surface area contributed by atoms with Crippen molar-refractivity contribution in [3.05, 3.63) is 92.9 Å². The van der Waals surface area contributed by atoms with Crippen LogP contribution >= 0.6 is 31.9 Å². The molecule has 0 aliphatic rings. The van der Waals surface area contributed by atoms with Gasteiger partial charge < -0.3 is 10.2 Å². The third kappa shape index (κ3) is 4.84. The largest absolute Gasteiger partial charge is 0.322 e. The van der Waals surface area contributed by atoms with Crippen LogP contribution in [0.15, 0.2) is 81.7 Å². The molecule has 0 fully saturated rings. The third-order valence-corrected chi connectivity index (χ3v) is 5.05. The number of amides is 2. The Balaban J connectivity index is 1.76. The van der Waals surface area contributed by atoms with Crippen LogP contribution in [0.5, 0.6) is 0 Å². The molecule has 0 aliphatic carbocycles. The Morgan fingerprint density at radius 3 is 1.96 bits per heavy atom. The standard InChI is InChI=1S/C21H16Br2N2O2/c1-25(21(27)15-7-11-17(23)12-8-15)19-4-2-3-18(13-19)24-20(26)14-5-9-16(22)10-6-14/h2-13H,1H3,(H,24,26). The molecule has 3 rings (SSSR count). The van der Waals surface area contributed by atoms with E-state index >= 15 is 0 Å². The monoisotopic (exact) mass is 486 g/mol. The van der Waals surface area contributed by atoms with E-state index in [0.717, 1.165) is 8.95 Å². The van der Waals surface area contributed by atoms with E-state index in [4.69, 9.17) is 0 Å². The number of benzene rings is 3. The number of carbonyl (C=O) groups is 2. The zero-order chi connectivity index (χ0) is 19.4. The third-order valence-electron chi connectivity index (χ3n) is 3.99. The fraction of sp³-hybridized carbons (Fsp3) is 0.0476. The van der Waals surface area contributed by atoms with E-state index in [1.807, 2.05) is 30.3 Å². The van der Waals surface area contributed by atoms with E-state index in [1.54, 1.807) is 54.4 Å². The lowest BCUT2D eigenvalue weighted by Gasteiger charge is -2.18. The smallest absolute Gasteiger partial charge is 0.258 e. The number of nitrogens with one attached hydrogen (secondary N) is 1. The zero-order valence-electron chi connectivity index (χ0n) is 14.4. The van der Waals surface area contributed by atoms with Crippen molar-refractivity contribution in [2.24, 2.45) is 0 Å². The van der Waals surface area contributed by atoms with Gasteiger partial charge in [0, 0.05) is 38.5 Å². The van der Waals surface area contributed by atoms with Gasteiger partial charge in [-0.2, -0.15) is 0 Å². The first-order chi connectivity index (χ1) is 12.9. The number of halogens is 2. The molecule has 3 aromatic carbocycles. The van der Waals surface area contributed by atoms with E-state index in [1.165, 1.54) is 0 Å². The Bertz CT molecular complexity index is 970. The summed E-state index contributed by atoms with van der Waals surface area (Å²) >= 11 is 6.72. The zero-order valence-corrected chi connectivity index (χ0v) is 17.6. The maximum atomic E-state index is 12.7.